The fourth-order valence-corrected chi connectivity index (χ4v) is 2.80. The first kappa shape index (κ1) is 11.4. The van der Waals surface area contributed by atoms with Crippen LogP contribution in [0.1, 0.15) is 21.0 Å². The Balaban J connectivity index is 2.14. The number of nitrogens with one attached hydrogen (secondary N) is 1. The van der Waals surface area contributed by atoms with Crippen molar-refractivity contribution >= 4 is 11.3 Å². The molecule has 0 atom stereocenters. The summed E-state index contributed by atoms with van der Waals surface area (Å²) in [7, 11) is 1.98. The molecule has 0 aromatic carbocycles. The number of hydrogen-bond donors (Lipinski definition) is 1. The molecule has 2 rings (SSSR count). The van der Waals surface area contributed by atoms with Gasteiger partial charge in [-0.2, -0.15) is 5.10 Å². The fraction of sp³-hybridized carbons (Fsp3) is 0.417. The van der Waals surface area contributed by atoms with Crippen LogP contribution in [-0.2, 0) is 13.1 Å². The summed E-state index contributed by atoms with van der Waals surface area (Å²) in [5.74, 6) is 0. The summed E-state index contributed by atoms with van der Waals surface area (Å²) < 4.78 is 1.99. The molecule has 2 aromatic heterocycles. The first-order valence-electron chi connectivity index (χ1n) is 5.42. The normalized spacial score (nSPS) is 10.9. The minimum Gasteiger partial charge on any atom is -0.315 e. The van der Waals surface area contributed by atoms with E-state index in [1.807, 2.05) is 42.3 Å². The van der Waals surface area contributed by atoms with Crippen LogP contribution in [0.25, 0.3) is 0 Å². The zero-order chi connectivity index (χ0) is 11.5. The summed E-state index contributed by atoms with van der Waals surface area (Å²) >= 11 is 1.86. The largest absolute Gasteiger partial charge is 0.315 e. The maximum absolute atomic E-state index is 4.41. The molecule has 0 aliphatic carbocycles. The Kier molecular flexibility index (Phi) is 3.41. The molecular formula is C12H17N3S. The third-order valence-corrected chi connectivity index (χ3v) is 3.62. The summed E-state index contributed by atoms with van der Waals surface area (Å²) in [4.78, 5) is 2.78. The maximum Gasteiger partial charge on any atom is 0.0670 e. The van der Waals surface area contributed by atoms with Crippen LogP contribution in [0.5, 0.6) is 0 Å². The molecule has 2 heterocycles. The number of rotatable bonds is 4. The van der Waals surface area contributed by atoms with E-state index in [4.69, 9.17) is 0 Å². The molecule has 0 bridgehead atoms. The minimum absolute atomic E-state index is 0.875. The molecule has 0 amide bonds. The van der Waals surface area contributed by atoms with Gasteiger partial charge in [-0.3, -0.25) is 4.68 Å². The van der Waals surface area contributed by atoms with Crippen molar-refractivity contribution in [3.8, 4) is 0 Å². The molecule has 16 heavy (non-hydrogen) atoms. The van der Waals surface area contributed by atoms with E-state index in [1.54, 1.807) is 0 Å². The SMILES string of the molecule is CNCc1cc(Cn2ccc(C)n2)c(C)s1. The summed E-state index contributed by atoms with van der Waals surface area (Å²) in [6, 6.07) is 4.31. The average Bonchev–Trinajstić information content (AvgIpc) is 2.76. The molecule has 0 spiro atoms. The Hall–Kier alpha value is -1.13. The highest BCUT2D eigenvalue weighted by Crippen LogP contribution is 2.22. The predicted octanol–water partition coefficient (Wildman–Crippen LogP) is 2.33. The Labute approximate surface area is 100 Å². The van der Waals surface area contributed by atoms with Crippen LogP contribution < -0.4 is 5.32 Å². The average molecular weight is 235 g/mol. The van der Waals surface area contributed by atoms with E-state index in [0.717, 1.165) is 18.8 Å². The summed E-state index contributed by atoms with van der Waals surface area (Å²) in [5.41, 5.74) is 2.45. The van der Waals surface area contributed by atoms with Crippen LogP contribution in [0, 0.1) is 13.8 Å². The van der Waals surface area contributed by atoms with E-state index in [9.17, 15) is 0 Å². The first-order chi connectivity index (χ1) is 7.69. The Morgan fingerprint density at radius 1 is 1.44 bits per heavy atom. The molecule has 3 nitrogen and oxygen atoms in total. The van der Waals surface area contributed by atoms with Gasteiger partial charge in [-0.15, -0.1) is 11.3 Å². The predicted molar refractivity (Wildman–Crippen MR) is 67.9 cm³/mol. The van der Waals surface area contributed by atoms with Crippen molar-refractivity contribution in [2.75, 3.05) is 7.05 Å². The third kappa shape index (κ3) is 2.51. The highest BCUT2D eigenvalue weighted by molar-refractivity contribution is 7.12. The lowest BCUT2D eigenvalue weighted by Gasteiger charge is -1.99. The van der Waals surface area contributed by atoms with Crippen LogP contribution in [0.3, 0.4) is 0 Å². The molecule has 86 valence electrons. The van der Waals surface area contributed by atoms with Crippen molar-refractivity contribution in [2.45, 2.75) is 26.9 Å². The van der Waals surface area contributed by atoms with E-state index in [1.165, 1.54) is 15.3 Å². The molecule has 0 aliphatic heterocycles. The molecule has 0 radical (unpaired) electrons. The fourth-order valence-electron chi connectivity index (χ4n) is 1.73. The Morgan fingerprint density at radius 3 is 2.88 bits per heavy atom. The van der Waals surface area contributed by atoms with Gasteiger partial charge in [0.25, 0.3) is 0 Å². The quantitative estimate of drug-likeness (QED) is 0.881. The molecule has 0 fully saturated rings. The van der Waals surface area contributed by atoms with E-state index in [2.05, 4.69) is 23.4 Å². The van der Waals surface area contributed by atoms with Gasteiger partial charge in [-0.1, -0.05) is 0 Å². The number of aromatic nitrogens is 2. The smallest absolute Gasteiger partial charge is 0.0670 e. The second-order valence-corrected chi connectivity index (χ2v) is 5.32. The summed E-state index contributed by atoms with van der Waals surface area (Å²) in [5, 5.41) is 7.59. The second kappa shape index (κ2) is 4.80. The van der Waals surface area contributed by atoms with E-state index in [0.29, 0.717) is 0 Å². The van der Waals surface area contributed by atoms with Gasteiger partial charge in [0.2, 0.25) is 0 Å². The lowest BCUT2D eigenvalue weighted by molar-refractivity contribution is 0.678. The van der Waals surface area contributed by atoms with Crippen molar-refractivity contribution in [2.24, 2.45) is 0 Å². The topological polar surface area (TPSA) is 29.9 Å². The van der Waals surface area contributed by atoms with E-state index in [-0.39, 0.29) is 0 Å². The van der Waals surface area contributed by atoms with E-state index >= 15 is 0 Å². The lowest BCUT2D eigenvalue weighted by atomic mass is 10.2. The summed E-state index contributed by atoms with van der Waals surface area (Å²) in [6.07, 6.45) is 2.03. The van der Waals surface area contributed by atoms with Crippen LogP contribution in [-0.4, -0.2) is 16.8 Å². The van der Waals surface area contributed by atoms with Crippen molar-refractivity contribution in [1.29, 1.82) is 0 Å². The van der Waals surface area contributed by atoms with Crippen LogP contribution in [0.2, 0.25) is 0 Å². The molecule has 0 saturated carbocycles. The molecule has 2 aromatic rings. The van der Waals surface area contributed by atoms with Crippen molar-refractivity contribution in [3.05, 3.63) is 39.3 Å². The van der Waals surface area contributed by atoms with Gasteiger partial charge in [0, 0.05) is 22.5 Å². The molecule has 0 saturated heterocycles. The zero-order valence-corrected chi connectivity index (χ0v) is 10.8. The highest BCUT2D eigenvalue weighted by Gasteiger charge is 2.06. The number of nitrogens with zero attached hydrogens (tertiary/aromatic N) is 2. The molecule has 1 N–H and O–H groups in total. The van der Waals surface area contributed by atoms with Gasteiger partial charge >= 0.3 is 0 Å². The monoisotopic (exact) mass is 235 g/mol. The molecule has 4 heteroatoms. The van der Waals surface area contributed by atoms with Crippen molar-refractivity contribution in [1.82, 2.24) is 15.1 Å². The van der Waals surface area contributed by atoms with Gasteiger partial charge in [-0.25, -0.2) is 0 Å². The van der Waals surface area contributed by atoms with Crippen LogP contribution in [0.15, 0.2) is 18.3 Å². The van der Waals surface area contributed by atoms with Crippen LogP contribution in [0.4, 0.5) is 0 Å². The van der Waals surface area contributed by atoms with Crippen molar-refractivity contribution in [3.63, 3.8) is 0 Å². The second-order valence-electron chi connectivity index (χ2n) is 3.98. The van der Waals surface area contributed by atoms with Gasteiger partial charge in [0.1, 0.15) is 0 Å². The van der Waals surface area contributed by atoms with Gasteiger partial charge in [-0.05, 0) is 38.6 Å². The van der Waals surface area contributed by atoms with Crippen molar-refractivity contribution < 1.29 is 0 Å². The third-order valence-electron chi connectivity index (χ3n) is 2.53. The molecular weight excluding hydrogens is 218 g/mol. The minimum atomic E-state index is 0.875. The standard InChI is InChI=1S/C12H17N3S/c1-9-4-5-15(14-9)8-11-6-12(7-13-3)16-10(11)2/h4-6,13H,7-8H2,1-3H3. The van der Waals surface area contributed by atoms with E-state index < -0.39 is 0 Å². The van der Waals surface area contributed by atoms with Crippen LogP contribution >= 0.6 is 11.3 Å². The van der Waals surface area contributed by atoms with Gasteiger partial charge in [0.15, 0.2) is 0 Å². The zero-order valence-electron chi connectivity index (χ0n) is 9.95. The summed E-state index contributed by atoms with van der Waals surface area (Å²) in [6.45, 7) is 6.02. The first-order valence-corrected chi connectivity index (χ1v) is 6.23. The number of hydrogen-bond acceptors (Lipinski definition) is 3. The highest BCUT2D eigenvalue weighted by atomic mass is 32.1. The number of thiophene rings is 1. The van der Waals surface area contributed by atoms with Gasteiger partial charge < -0.3 is 5.32 Å². The molecule has 0 unspecified atom stereocenters. The Morgan fingerprint density at radius 2 is 2.25 bits per heavy atom. The maximum atomic E-state index is 4.41. The Bertz CT molecular complexity index is 470. The lowest BCUT2D eigenvalue weighted by Crippen LogP contribution is -2.03. The number of aryl methyl sites for hydroxylation is 2. The van der Waals surface area contributed by atoms with Gasteiger partial charge in [0.05, 0.1) is 12.2 Å². The molecule has 0 aliphatic rings.